The Labute approximate surface area is 187 Å². The van der Waals surface area contributed by atoms with Crippen molar-refractivity contribution in [2.24, 2.45) is 5.10 Å². The summed E-state index contributed by atoms with van der Waals surface area (Å²) in [5.74, 6) is -0.646. The number of aromatic nitrogens is 1. The van der Waals surface area contributed by atoms with Crippen LogP contribution in [0, 0.1) is 5.82 Å². The van der Waals surface area contributed by atoms with E-state index in [0.29, 0.717) is 32.0 Å². The molecule has 0 unspecified atom stereocenters. The second-order valence-corrected chi connectivity index (χ2v) is 7.85. The lowest BCUT2D eigenvalue weighted by Gasteiger charge is -2.05. The Morgan fingerprint density at radius 1 is 1.00 bits per heavy atom. The lowest BCUT2D eigenvalue weighted by atomic mass is 10.1. The normalized spacial score (nSPS) is 10.9. The Bertz CT molecular complexity index is 1230. The molecule has 1 aromatic heterocycles. The van der Waals surface area contributed by atoms with Crippen LogP contribution in [0.1, 0.15) is 15.9 Å². The smallest absolute Gasteiger partial charge is 0.256 e. The molecule has 0 aliphatic heterocycles. The lowest BCUT2D eigenvalue weighted by molar-refractivity contribution is 0.102. The maximum atomic E-state index is 13.7. The number of carbonyl (C=O) groups excluding carboxylic acids is 1. The number of nitrogens with one attached hydrogen (secondary N) is 2. The number of hydrogen-bond donors (Lipinski definition) is 2. The summed E-state index contributed by atoms with van der Waals surface area (Å²) in [6.07, 6.45) is 1.38. The Morgan fingerprint density at radius 3 is 2.45 bits per heavy atom. The number of thiazole rings is 1. The number of nitrogens with zero attached hydrogens (tertiary/aromatic N) is 2. The number of halogens is 2. The Kier molecular flexibility index (Phi) is 6.35. The highest BCUT2D eigenvalue weighted by molar-refractivity contribution is 7.20. The van der Waals surface area contributed by atoms with Crippen molar-refractivity contribution < 1.29 is 9.18 Å². The van der Waals surface area contributed by atoms with E-state index in [2.05, 4.69) is 20.8 Å². The quantitative estimate of drug-likeness (QED) is 0.267. The minimum absolute atomic E-state index is 0.279. The third kappa shape index (κ3) is 5.14. The van der Waals surface area contributed by atoms with Gasteiger partial charge in [0.1, 0.15) is 16.5 Å². The summed E-state index contributed by atoms with van der Waals surface area (Å²) in [7, 11) is 0. The Hall–Kier alpha value is -3.55. The maximum absolute atomic E-state index is 13.7. The van der Waals surface area contributed by atoms with Gasteiger partial charge >= 0.3 is 0 Å². The fourth-order valence-corrected chi connectivity index (χ4v) is 3.72. The monoisotopic (exact) mass is 450 g/mol. The maximum Gasteiger partial charge on any atom is 0.256 e. The van der Waals surface area contributed by atoms with Gasteiger partial charge in [-0.3, -0.25) is 10.2 Å². The first kappa shape index (κ1) is 20.7. The SMILES string of the molecule is O=C(Nc1sc(N/N=C\c2ccccc2F)nc1-c1ccccc1)c1ccc(Cl)cc1. The average Bonchev–Trinajstić information content (AvgIpc) is 3.18. The van der Waals surface area contributed by atoms with E-state index in [1.807, 2.05) is 30.3 Å². The van der Waals surface area contributed by atoms with Gasteiger partial charge in [-0.1, -0.05) is 71.5 Å². The second kappa shape index (κ2) is 9.51. The van der Waals surface area contributed by atoms with Gasteiger partial charge in [-0.2, -0.15) is 5.10 Å². The number of hydrazone groups is 1. The zero-order chi connectivity index (χ0) is 21.6. The highest BCUT2D eigenvalue weighted by Gasteiger charge is 2.16. The van der Waals surface area contributed by atoms with Crippen molar-refractivity contribution in [3.05, 3.63) is 101 Å². The fraction of sp³-hybridized carbons (Fsp3) is 0. The van der Waals surface area contributed by atoms with E-state index in [4.69, 9.17) is 11.6 Å². The molecule has 0 bridgehead atoms. The number of amides is 1. The molecule has 1 amide bonds. The average molecular weight is 451 g/mol. The van der Waals surface area contributed by atoms with E-state index in [9.17, 15) is 9.18 Å². The van der Waals surface area contributed by atoms with Crippen molar-refractivity contribution in [1.82, 2.24) is 4.98 Å². The molecule has 4 rings (SSSR count). The van der Waals surface area contributed by atoms with Crippen molar-refractivity contribution in [3.63, 3.8) is 0 Å². The van der Waals surface area contributed by atoms with E-state index in [1.54, 1.807) is 42.5 Å². The minimum atomic E-state index is -0.368. The molecule has 4 aromatic rings. The summed E-state index contributed by atoms with van der Waals surface area (Å²) in [6.45, 7) is 0. The van der Waals surface area contributed by atoms with Gasteiger partial charge in [-0.15, -0.1) is 0 Å². The molecule has 0 atom stereocenters. The number of benzene rings is 3. The summed E-state index contributed by atoms with van der Waals surface area (Å²) in [6, 6.07) is 22.4. The minimum Gasteiger partial charge on any atom is -0.312 e. The molecule has 1 heterocycles. The largest absolute Gasteiger partial charge is 0.312 e. The van der Waals surface area contributed by atoms with Crippen molar-refractivity contribution in [2.45, 2.75) is 0 Å². The fourth-order valence-electron chi connectivity index (χ4n) is 2.76. The van der Waals surface area contributed by atoms with Crippen LogP contribution in [0.25, 0.3) is 11.3 Å². The molecule has 0 radical (unpaired) electrons. The van der Waals surface area contributed by atoms with Gasteiger partial charge in [-0.25, -0.2) is 9.37 Å². The molecule has 3 aromatic carbocycles. The predicted molar refractivity (Wildman–Crippen MR) is 125 cm³/mol. The first-order valence-corrected chi connectivity index (χ1v) is 10.5. The molecule has 0 aliphatic carbocycles. The molecule has 0 saturated heterocycles. The standard InChI is InChI=1S/C23H16ClFN4OS/c24-18-12-10-16(11-13-18)21(30)28-22-20(15-6-2-1-3-7-15)27-23(31-22)29-26-14-17-8-4-5-9-19(17)25/h1-14H,(H,27,29)(H,28,30)/b26-14-. The van der Waals surface area contributed by atoms with Crippen LogP contribution in [0.3, 0.4) is 0 Å². The van der Waals surface area contributed by atoms with Gasteiger partial charge < -0.3 is 5.32 Å². The van der Waals surface area contributed by atoms with Crippen LogP contribution in [0.5, 0.6) is 0 Å². The van der Waals surface area contributed by atoms with Crippen molar-refractivity contribution in [1.29, 1.82) is 0 Å². The molecule has 0 saturated carbocycles. The highest BCUT2D eigenvalue weighted by atomic mass is 35.5. The Morgan fingerprint density at radius 2 is 1.71 bits per heavy atom. The van der Waals surface area contributed by atoms with Crippen LogP contribution in [0.4, 0.5) is 14.5 Å². The number of anilines is 2. The van der Waals surface area contributed by atoms with Crippen LogP contribution < -0.4 is 10.7 Å². The van der Waals surface area contributed by atoms with Gasteiger partial charge in [0.15, 0.2) is 0 Å². The van der Waals surface area contributed by atoms with Gasteiger partial charge in [0.25, 0.3) is 5.91 Å². The first-order chi connectivity index (χ1) is 15.1. The van der Waals surface area contributed by atoms with Crippen LogP contribution in [-0.4, -0.2) is 17.1 Å². The summed E-state index contributed by atoms with van der Waals surface area (Å²) in [4.78, 5) is 17.2. The topological polar surface area (TPSA) is 66.4 Å². The molecule has 8 heteroatoms. The van der Waals surface area contributed by atoms with Crippen molar-refractivity contribution in [2.75, 3.05) is 10.7 Å². The van der Waals surface area contributed by atoms with Gasteiger partial charge in [0.05, 0.1) is 6.21 Å². The summed E-state index contributed by atoms with van der Waals surface area (Å²) >= 11 is 7.13. The molecular weight excluding hydrogens is 435 g/mol. The van der Waals surface area contributed by atoms with Crippen molar-refractivity contribution >= 4 is 45.2 Å². The Balaban J connectivity index is 1.59. The zero-order valence-electron chi connectivity index (χ0n) is 16.0. The first-order valence-electron chi connectivity index (χ1n) is 9.27. The van der Waals surface area contributed by atoms with E-state index < -0.39 is 0 Å². The number of hydrogen-bond acceptors (Lipinski definition) is 5. The van der Waals surface area contributed by atoms with Crippen LogP contribution in [0.15, 0.2) is 84.0 Å². The second-order valence-electron chi connectivity index (χ2n) is 6.42. The van der Waals surface area contributed by atoms with Gasteiger partial charge in [0, 0.05) is 21.7 Å². The van der Waals surface area contributed by atoms with Crippen LogP contribution in [0.2, 0.25) is 5.02 Å². The van der Waals surface area contributed by atoms with Crippen LogP contribution >= 0.6 is 22.9 Å². The van der Waals surface area contributed by atoms with E-state index in [-0.39, 0.29) is 11.7 Å². The van der Waals surface area contributed by atoms with Gasteiger partial charge in [-0.05, 0) is 30.3 Å². The number of rotatable bonds is 6. The molecule has 31 heavy (non-hydrogen) atoms. The third-order valence-corrected chi connectivity index (χ3v) is 5.40. The van der Waals surface area contributed by atoms with E-state index in [0.717, 1.165) is 5.56 Å². The zero-order valence-corrected chi connectivity index (χ0v) is 17.6. The summed E-state index contributed by atoms with van der Waals surface area (Å²) < 4.78 is 13.7. The predicted octanol–water partition coefficient (Wildman–Crippen LogP) is 6.30. The van der Waals surface area contributed by atoms with Crippen LogP contribution in [-0.2, 0) is 0 Å². The van der Waals surface area contributed by atoms with Crippen molar-refractivity contribution in [3.8, 4) is 11.3 Å². The molecule has 154 valence electrons. The molecule has 0 fully saturated rings. The summed E-state index contributed by atoms with van der Waals surface area (Å²) in [5, 5.41) is 8.55. The summed E-state index contributed by atoms with van der Waals surface area (Å²) in [5.41, 5.74) is 5.09. The lowest BCUT2D eigenvalue weighted by Crippen LogP contribution is -2.11. The molecule has 0 aliphatic rings. The molecule has 5 nitrogen and oxygen atoms in total. The number of carbonyl (C=O) groups is 1. The highest BCUT2D eigenvalue weighted by Crippen LogP contribution is 2.36. The molecular formula is C23H16ClFN4OS. The van der Waals surface area contributed by atoms with E-state index >= 15 is 0 Å². The molecule has 0 spiro atoms. The molecule has 2 N–H and O–H groups in total. The third-order valence-electron chi connectivity index (χ3n) is 4.28. The van der Waals surface area contributed by atoms with E-state index in [1.165, 1.54) is 23.6 Å². The van der Waals surface area contributed by atoms with Gasteiger partial charge in [0.2, 0.25) is 5.13 Å².